The smallest absolute Gasteiger partial charge is 0.315 e. The Bertz CT molecular complexity index is 781. The van der Waals surface area contributed by atoms with Crippen molar-refractivity contribution in [2.75, 3.05) is 6.54 Å². The highest BCUT2D eigenvalue weighted by molar-refractivity contribution is 5.81. The minimum absolute atomic E-state index is 0.180. The standard InChI is InChI=1S/C19H27N5O2/c1-13-16(10-21-18(26)22-12-19(3,4)17(20)25)14(2)24(23-13)11-15-8-6-5-7-9-15/h5-9H,10-12H2,1-4H3,(H2,20,25)(H2,21,22,26). The lowest BCUT2D eigenvalue weighted by atomic mass is 9.93. The molecule has 0 aliphatic carbocycles. The van der Waals surface area contributed by atoms with E-state index in [1.807, 2.05) is 36.7 Å². The fraction of sp³-hybridized carbons (Fsp3) is 0.421. The van der Waals surface area contributed by atoms with E-state index in [0.29, 0.717) is 13.1 Å². The van der Waals surface area contributed by atoms with Crippen LogP contribution in [-0.4, -0.2) is 28.3 Å². The van der Waals surface area contributed by atoms with Gasteiger partial charge in [0.2, 0.25) is 5.91 Å². The molecule has 0 radical (unpaired) electrons. The van der Waals surface area contributed by atoms with E-state index in [-0.39, 0.29) is 12.6 Å². The monoisotopic (exact) mass is 357 g/mol. The van der Waals surface area contributed by atoms with E-state index in [1.54, 1.807) is 13.8 Å². The summed E-state index contributed by atoms with van der Waals surface area (Å²) in [6.45, 7) is 8.55. The molecule has 0 saturated heterocycles. The third-order valence-corrected chi connectivity index (χ3v) is 4.49. The van der Waals surface area contributed by atoms with Crippen LogP contribution in [0, 0.1) is 19.3 Å². The van der Waals surface area contributed by atoms with Gasteiger partial charge < -0.3 is 16.4 Å². The Balaban J connectivity index is 1.95. The highest BCUT2D eigenvalue weighted by Gasteiger charge is 2.25. The molecule has 26 heavy (non-hydrogen) atoms. The Hall–Kier alpha value is -2.83. The maximum Gasteiger partial charge on any atom is 0.315 e. The first kappa shape index (κ1) is 19.5. The van der Waals surface area contributed by atoms with Crippen molar-refractivity contribution >= 4 is 11.9 Å². The van der Waals surface area contributed by atoms with E-state index in [9.17, 15) is 9.59 Å². The molecule has 0 spiro atoms. The zero-order valence-corrected chi connectivity index (χ0v) is 15.8. The van der Waals surface area contributed by atoms with Crippen molar-refractivity contribution in [2.24, 2.45) is 11.1 Å². The summed E-state index contributed by atoms with van der Waals surface area (Å²) < 4.78 is 1.94. The molecule has 1 aromatic carbocycles. The molecular formula is C19H27N5O2. The quantitative estimate of drug-likeness (QED) is 0.705. The van der Waals surface area contributed by atoms with Crippen LogP contribution in [0.1, 0.15) is 36.4 Å². The third-order valence-electron chi connectivity index (χ3n) is 4.49. The number of amides is 3. The lowest BCUT2D eigenvalue weighted by Gasteiger charge is -2.20. The van der Waals surface area contributed by atoms with E-state index in [4.69, 9.17) is 5.73 Å². The van der Waals surface area contributed by atoms with Crippen LogP contribution >= 0.6 is 0 Å². The first-order valence-electron chi connectivity index (χ1n) is 8.59. The Morgan fingerprint density at radius 1 is 1.15 bits per heavy atom. The lowest BCUT2D eigenvalue weighted by Crippen LogP contribution is -2.45. The number of aryl methyl sites for hydroxylation is 1. The fourth-order valence-corrected chi connectivity index (χ4v) is 2.52. The molecule has 7 heteroatoms. The van der Waals surface area contributed by atoms with E-state index in [1.165, 1.54) is 5.56 Å². The summed E-state index contributed by atoms with van der Waals surface area (Å²) in [7, 11) is 0. The summed E-state index contributed by atoms with van der Waals surface area (Å²) in [4.78, 5) is 23.3. The van der Waals surface area contributed by atoms with Crippen molar-refractivity contribution in [3.8, 4) is 0 Å². The number of hydrogen-bond acceptors (Lipinski definition) is 3. The van der Waals surface area contributed by atoms with Crippen molar-refractivity contribution in [1.29, 1.82) is 0 Å². The molecule has 1 heterocycles. The van der Waals surface area contributed by atoms with E-state index < -0.39 is 11.3 Å². The average molecular weight is 357 g/mol. The minimum atomic E-state index is -0.788. The van der Waals surface area contributed by atoms with Gasteiger partial charge in [0.25, 0.3) is 0 Å². The van der Waals surface area contributed by atoms with Crippen molar-refractivity contribution in [1.82, 2.24) is 20.4 Å². The fourth-order valence-electron chi connectivity index (χ4n) is 2.52. The van der Waals surface area contributed by atoms with E-state index in [2.05, 4.69) is 27.9 Å². The highest BCUT2D eigenvalue weighted by Crippen LogP contribution is 2.15. The normalized spacial score (nSPS) is 11.2. The van der Waals surface area contributed by atoms with Crippen molar-refractivity contribution in [3.05, 3.63) is 52.8 Å². The van der Waals surface area contributed by atoms with Crippen molar-refractivity contribution < 1.29 is 9.59 Å². The number of aromatic nitrogens is 2. The topological polar surface area (TPSA) is 102 Å². The van der Waals surface area contributed by atoms with Crippen LogP contribution in [-0.2, 0) is 17.9 Å². The van der Waals surface area contributed by atoms with Crippen molar-refractivity contribution in [2.45, 2.75) is 40.8 Å². The van der Waals surface area contributed by atoms with Crippen LogP contribution in [0.15, 0.2) is 30.3 Å². The summed E-state index contributed by atoms with van der Waals surface area (Å²) in [6, 6.07) is 9.76. The number of nitrogens with two attached hydrogens (primary N) is 1. The van der Waals surface area contributed by atoms with Gasteiger partial charge in [-0.2, -0.15) is 5.10 Å². The SMILES string of the molecule is Cc1nn(Cc2ccccc2)c(C)c1CNC(=O)NCC(C)(C)C(N)=O. The Morgan fingerprint density at radius 3 is 2.42 bits per heavy atom. The minimum Gasteiger partial charge on any atom is -0.369 e. The number of carbonyl (C=O) groups is 2. The number of nitrogens with zero attached hydrogens (tertiary/aromatic N) is 2. The molecule has 0 bridgehead atoms. The molecule has 0 unspecified atom stereocenters. The molecular weight excluding hydrogens is 330 g/mol. The maximum atomic E-state index is 12.0. The van der Waals surface area contributed by atoms with Crippen molar-refractivity contribution in [3.63, 3.8) is 0 Å². The molecule has 0 saturated carbocycles. The zero-order valence-electron chi connectivity index (χ0n) is 15.8. The number of benzene rings is 1. The van der Waals surface area contributed by atoms with Crippen LogP contribution in [0.3, 0.4) is 0 Å². The molecule has 0 fully saturated rings. The summed E-state index contributed by atoms with van der Waals surface area (Å²) in [5, 5.41) is 10.1. The number of primary amides is 1. The Morgan fingerprint density at radius 2 is 1.81 bits per heavy atom. The number of hydrogen-bond donors (Lipinski definition) is 3. The van der Waals surface area contributed by atoms with Gasteiger partial charge in [0.05, 0.1) is 17.7 Å². The van der Waals surface area contributed by atoms with Gasteiger partial charge in [0.15, 0.2) is 0 Å². The second-order valence-electron chi connectivity index (χ2n) is 7.08. The van der Waals surface area contributed by atoms with Gasteiger partial charge in [-0.05, 0) is 33.3 Å². The van der Waals surface area contributed by atoms with Crippen LogP contribution in [0.2, 0.25) is 0 Å². The predicted molar refractivity (Wildman–Crippen MR) is 100 cm³/mol. The summed E-state index contributed by atoms with van der Waals surface area (Å²) in [6.07, 6.45) is 0. The van der Waals surface area contributed by atoms with Crippen LogP contribution in [0.5, 0.6) is 0 Å². The van der Waals surface area contributed by atoms with E-state index in [0.717, 1.165) is 17.0 Å². The van der Waals surface area contributed by atoms with Gasteiger partial charge in [0.1, 0.15) is 0 Å². The second-order valence-corrected chi connectivity index (χ2v) is 7.08. The van der Waals surface area contributed by atoms with Gasteiger partial charge >= 0.3 is 6.03 Å². The molecule has 0 aliphatic heterocycles. The molecule has 140 valence electrons. The average Bonchev–Trinajstić information content (AvgIpc) is 2.85. The number of nitrogens with one attached hydrogen (secondary N) is 2. The molecule has 1 aromatic heterocycles. The molecule has 0 atom stereocenters. The van der Waals surface area contributed by atoms with Crippen LogP contribution in [0.25, 0.3) is 0 Å². The molecule has 2 rings (SSSR count). The number of urea groups is 1. The molecule has 0 aliphatic rings. The van der Waals surface area contributed by atoms with Gasteiger partial charge in [-0.15, -0.1) is 0 Å². The zero-order chi connectivity index (χ0) is 19.3. The Labute approximate surface area is 154 Å². The van der Waals surface area contributed by atoms with Crippen LogP contribution in [0.4, 0.5) is 4.79 Å². The number of carbonyl (C=O) groups excluding carboxylic acids is 2. The molecule has 7 nitrogen and oxygen atoms in total. The highest BCUT2D eigenvalue weighted by atomic mass is 16.2. The maximum absolute atomic E-state index is 12.0. The van der Waals surface area contributed by atoms with Gasteiger partial charge in [-0.3, -0.25) is 9.48 Å². The molecule has 3 amide bonds. The lowest BCUT2D eigenvalue weighted by molar-refractivity contribution is -0.125. The molecule has 4 N–H and O–H groups in total. The van der Waals surface area contributed by atoms with E-state index >= 15 is 0 Å². The van der Waals surface area contributed by atoms with Gasteiger partial charge in [0, 0.05) is 24.3 Å². The summed E-state index contributed by atoms with van der Waals surface area (Å²) >= 11 is 0. The first-order chi connectivity index (χ1) is 12.2. The van der Waals surface area contributed by atoms with Gasteiger partial charge in [-0.25, -0.2) is 4.79 Å². The van der Waals surface area contributed by atoms with Gasteiger partial charge in [-0.1, -0.05) is 30.3 Å². The van der Waals surface area contributed by atoms with Crippen LogP contribution < -0.4 is 16.4 Å². The predicted octanol–water partition coefficient (Wildman–Crippen LogP) is 1.86. The molecule has 2 aromatic rings. The Kier molecular flexibility index (Phi) is 6.02. The summed E-state index contributed by atoms with van der Waals surface area (Å²) in [5.41, 5.74) is 8.58. The summed E-state index contributed by atoms with van der Waals surface area (Å²) in [5.74, 6) is -0.452. The third kappa shape index (κ3) is 4.84. The largest absolute Gasteiger partial charge is 0.369 e. The first-order valence-corrected chi connectivity index (χ1v) is 8.59. The number of rotatable bonds is 7. The second kappa shape index (κ2) is 8.03.